The summed E-state index contributed by atoms with van der Waals surface area (Å²) in [7, 11) is 0. The van der Waals surface area contributed by atoms with Gasteiger partial charge in [0.1, 0.15) is 34.6 Å². The number of benzene rings is 4. The van der Waals surface area contributed by atoms with Gasteiger partial charge >= 0.3 is 0 Å². The SMILES string of the molecule is Cc1c(C)[n+](-c2ccc(F)cc2F)[c-]n1-c1[c-]cc(F)cc1F.Cc1c(C)[n+](-c2ccc(F)cc2F)[c-]n1-c1[c-]cc(F)cc1F.[Ir].c1ccc(-c2ccn[n-]2)nc1. The number of imidazole rings is 2. The first-order valence-corrected chi connectivity index (χ1v) is 16.8. The zero-order valence-corrected chi connectivity index (χ0v) is 33.1. The Balaban J connectivity index is 0.000000174. The molecule has 8 aromatic rings. The molecule has 0 aliphatic heterocycles. The van der Waals surface area contributed by atoms with E-state index in [2.05, 4.69) is 40.0 Å². The van der Waals surface area contributed by atoms with Crippen LogP contribution >= 0.6 is 0 Å². The molecular weight excluding hydrogens is 947 g/mol. The molecule has 0 saturated heterocycles. The molecule has 0 bridgehead atoms. The van der Waals surface area contributed by atoms with E-state index in [4.69, 9.17) is 0 Å². The molecule has 58 heavy (non-hydrogen) atoms. The molecule has 0 aliphatic carbocycles. The first-order valence-electron chi connectivity index (χ1n) is 16.8. The van der Waals surface area contributed by atoms with Crippen molar-refractivity contribution in [2.24, 2.45) is 0 Å². The molecule has 0 saturated carbocycles. The summed E-state index contributed by atoms with van der Waals surface area (Å²) in [6, 6.07) is 22.3. The van der Waals surface area contributed by atoms with Gasteiger partial charge in [0, 0.05) is 85.0 Å². The Morgan fingerprint density at radius 2 is 1.02 bits per heavy atom. The van der Waals surface area contributed by atoms with Crippen LogP contribution in [0, 0.1) is 99.0 Å². The molecule has 8 rings (SSSR count). The fourth-order valence-corrected chi connectivity index (χ4v) is 5.48. The molecule has 299 valence electrons. The zero-order valence-electron chi connectivity index (χ0n) is 30.7. The fraction of sp³-hybridized carbons (Fsp3) is 0.0952. The molecule has 0 N–H and O–H groups in total. The van der Waals surface area contributed by atoms with Gasteiger partial charge in [-0.25, -0.2) is 17.6 Å². The van der Waals surface area contributed by atoms with E-state index < -0.39 is 46.5 Å². The number of pyridine rings is 1. The molecule has 4 heterocycles. The van der Waals surface area contributed by atoms with Crippen LogP contribution < -0.4 is 14.2 Å². The van der Waals surface area contributed by atoms with Gasteiger partial charge in [-0.05, 0) is 75.5 Å². The average molecular weight is 975 g/mol. The van der Waals surface area contributed by atoms with E-state index in [0.717, 1.165) is 59.9 Å². The molecule has 4 aromatic carbocycles. The van der Waals surface area contributed by atoms with Crippen molar-refractivity contribution in [1.29, 1.82) is 0 Å². The van der Waals surface area contributed by atoms with Gasteiger partial charge in [0.25, 0.3) is 12.7 Å². The van der Waals surface area contributed by atoms with Gasteiger partial charge in [-0.2, -0.15) is 12.1 Å². The molecule has 0 aliphatic rings. The van der Waals surface area contributed by atoms with Crippen LogP contribution in [0.15, 0.2) is 97.3 Å². The maximum atomic E-state index is 14.0. The molecule has 0 amide bonds. The molecule has 0 unspecified atom stereocenters. The Bertz CT molecular complexity index is 2390. The number of hydrogen-bond acceptors (Lipinski definition) is 2. The number of aromatic nitrogens is 7. The van der Waals surface area contributed by atoms with Crippen molar-refractivity contribution >= 4 is 0 Å². The molecule has 0 spiro atoms. The first-order chi connectivity index (χ1) is 27.2. The van der Waals surface area contributed by atoms with Crippen molar-refractivity contribution in [1.82, 2.24) is 24.3 Å². The second kappa shape index (κ2) is 18.3. The van der Waals surface area contributed by atoms with Gasteiger partial charge in [-0.1, -0.05) is 17.8 Å². The Labute approximate surface area is 340 Å². The van der Waals surface area contributed by atoms with Crippen molar-refractivity contribution in [3.63, 3.8) is 0 Å². The maximum absolute atomic E-state index is 14.0. The van der Waals surface area contributed by atoms with Gasteiger partial charge in [0.2, 0.25) is 0 Å². The van der Waals surface area contributed by atoms with Crippen molar-refractivity contribution in [3.8, 4) is 34.1 Å². The van der Waals surface area contributed by atoms with E-state index in [1.165, 1.54) is 30.4 Å². The van der Waals surface area contributed by atoms with Gasteiger partial charge in [0.15, 0.2) is 0 Å². The Kier molecular flexibility index (Phi) is 13.6. The Morgan fingerprint density at radius 3 is 1.40 bits per heavy atom. The minimum absolute atomic E-state index is 0. The Morgan fingerprint density at radius 1 is 0.552 bits per heavy atom. The third-order valence-corrected chi connectivity index (χ3v) is 8.60. The number of nitrogens with zero attached hydrogens (tertiary/aromatic N) is 7. The van der Waals surface area contributed by atoms with Gasteiger partial charge in [-0.3, -0.25) is 31.7 Å². The fourth-order valence-electron chi connectivity index (χ4n) is 5.48. The molecule has 4 aromatic heterocycles. The third kappa shape index (κ3) is 9.30. The summed E-state index contributed by atoms with van der Waals surface area (Å²) in [5.74, 6) is -6.05. The van der Waals surface area contributed by atoms with Crippen molar-refractivity contribution in [2.45, 2.75) is 27.7 Å². The van der Waals surface area contributed by atoms with Crippen LogP contribution in [0.2, 0.25) is 0 Å². The zero-order chi connectivity index (χ0) is 41.0. The quantitative estimate of drug-likeness (QED) is 0.0995. The predicted molar refractivity (Wildman–Crippen MR) is 189 cm³/mol. The molecule has 7 nitrogen and oxygen atoms in total. The van der Waals surface area contributed by atoms with Gasteiger partial charge in [-0.15, -0.1) is 24.3 Å². The monoisotopic (exact) mass is 975 g/mol. The summed E-state index contributed by atoms with van der Waals surface area (Å²) < 4.78 is 113. The second-order valence-electron chi connectivity index (χ2n) is 12.2. The largest absolute Gasteiger partial charge is 0.574 e. The van der Waals surface area contributed by atoms with Crippen LogP contribution in [-0.2, 0) is 20.1 Å². The summed E-state index contributed by atoms with van der Waals surface area (Å²) in [6.07, 6.45) is 8.96. The van der Waals surface area contributed by atoms with Crippen LogP contribution in [-0.4, -0.2) is 19.2 Å². The summed E-state index contributed by atoms with van der Waals surface area (Å²) in [6.45, 7) is 6.74. The van der Waals surface area contributed by atoms with Gasteiger partial charge in [0.05, 0.1) is 11.4 Å². The summed E-state index contributed by atoms with van der Waals surface area (Å²) in [5, 5.41) is 7.58. The molecule has 16 heteroatoms. The van der Waals surface area contributed by atoms with E-state index in [1.807, 2.05) is 24.3 Å². The van der Waals surface area contributed by atoms with Gasteiger partial charge < -0.3 is 19.3 Å². The predicted octanol–water partition coefficient (Wildman–Crippen LogP) is 8.15. The van der Waals surface area contributed by atoms with Crippen LogP contribution in [0.4, 0.5) is 35.1 Å². The van der Waals surface area contributed by atoms with Crippen LogP contribution in [0.5, 0.6) is 0 Å². The summed E-state index contributed by atoms with van der Waals surface area (Å²) >= 11 is 0. The van der Waals surface area contributed by atoms with E-state index in [1.54, 1.807) is 40.1 Å². The number of halogens is 8. The smallest absolute Gasteiger partial charge is 0.267 e. The molecule has 0 atom stereocenters. The van der Waals surface area contributed by atoms with E-state index >= 15 is 0 Å². The Hall–Kier alpha value is -6.25. The number of hydrogen-bond donors (Lipinski definition) is 0. The molecule has 0 fully saturated rings. The van der Waals surface area contributed by atoms with E-state index in [0.29, 0.717) is 22.8 Å². The van der Waals surface area contributed by atoms with Crippen molar-refractivity contribution < 1.29 is 64.4 Å². The standard InChI is InChI=1S/2C17H11F4N2.C8H6N3.Ir/c2*1-10-11(2)23(17-6-4-13(19)8-15(17)21)9-22(10)16-5-3-12(18)7-14(16)20;1-2-5-9-7(3-1)8-4-6-10-11-8;/h2*3-5,7-8H,1-2H3;1-6H;/q3*-1;. The average Bonchev–Trinajstić information content (AvgIpc) is 3.89. The van der Waals surface area contributed by atoms with Crippen molar-refractivity contribution in [3.05, 3.63) is 191 Å². The second-order valence-corrected chi connectivity index (χ2v) is 12.2. The first kappa shape index (κ1) is 42.9. The maximum Gasteiger partial charge on any atom is 0.267 e. The molecule has 1 radical (unpaired) electrons. The van der Waals surface area contributed by atoms with E-state index in [-0.39, 0.29) is 42.9 Å². The topological polar surface area (TPSA) is 57.5 Å². The summed E-state index contributed by atoms with van der Waals surface area (Å²) in [5.41, 5.74) is 4.06. The van der Waals surface area contributed by atoms with E-state index in [9.17, 15) is 35.1 Å². The number of rotatable bonds is 5. The summed E-state index contributed by atoms with van der Waals surface area (Å²) in [4.78, 5) is 4.12. The van der Waals surface area contributed by atoms with Crippen LogP contribution in [0.25, 0.3) is 34.1 Å². The van der Waals surface area contributed by atoms with Crippen LogP contribution in [0.1, 0.15) is 22.8 Å². The minimum atomic E-state index is -0.814. The normalized spacial score (nSPS) is 10.6. The van der Waals surface area contributed by atoms with Crippen LogP contribution in [0.3, 0.4) is 0 Å². The minimum Gasteiger partial charge on any atom is -0.574 e. The third-order valence-electron chi connectivity index (χ3n) is 8.60. The van der Waals surface area contributed by atoms with Crippen molar-refractivity contribution in [2.75, 3.05) is 0 Å². The molecular formula is C42H28F8IrN7-3.